The van der Waals surface area contributed by atoms with E-state index in [1.807, 2.05) is 0 Å². The first-order valence-corrected chi connectivity index (χ1v) is 7.68. The van der Waals surface area contributed by atoms with Gasteiger partial charge in [-0.15, -0.1) is 5.10 Å². The Bertz CT molecular complexity index is 738. The third-order valence-electron chi connectivity index (χ3n) is 2.74. The lowest BCUT2D eigenvalue weighted by Crippen LogP contribution is -2.09. The van der Waals surface area contributed by atoms with Crippen molar-refractivity contribution in [3.63, 3.8) is 0 Å². The van der Waals surface area contributed by atoms with Crippen molar-refractivity contribution >= 4 is 9.84 Å². The first-order valence-electron chi connectivity index (χ1n) is 6.02. The molecule has 0 fully saturated rings. The van der Waals surface area contributed by atoms with Crippen molar-refractivity contribution in [1.29, 1.82) is 0 Å². The van der Waals surface area contributed by atoms with Gasteiger partial charge in [-0.25, -0.2) is 13.4 Å². The maximum atomic E-state index is 12.6. The second-order valence-electron chi connectivity index (χ2n) is 4.38. The smallest absolute Gasteiger partial charge is 0.262 e. The highest BCUT2D eigenvalue weighted by Crippen LogP contribution is 2.30. The Hall–Kier alpha value is -1.90. The molecule has 114 valence electrons. The van der Waals surface area contributed by atoms with Gasteiger partial charge in [0.05, 0.1) is 11.3 Å². The summed E-state index contributed by atoms with van der Waals surface area (Å²) in [5, 5.41) is 5.64. The lowest BCUT2D eigenvalue weighted by molar-refractivity contribution is -0.137. The summed E-state index contributed by atoms with van der Waals surface area (Å²) in [6.45, 7) is 1.77. The number of sulfone groups is 1. The molecule has 0 aliphatic heterocycles. The molecule has 1 aromatic heterocycles. The Morgan fingerprint density at radius 2 is 2.00 bits per heavy atom. The van der Waals surface area contributed by atoms with Crippen LogP contribution in [0.1, 0.15) is 23.9 Å². The highest BCUT2D eigenvalue weighted by atomic mass is 32.2. The molecule has 0 bridgehead atoms. The quantitative estimate of drug-likeness (QED) is 0.938. The molecule has 2 aromatic rings. The minimum Gasteiger partial charge on any atom is -0.262 e. The van der Waals surface area contributed by atoms with Crippen LogP contribution in [0, 0.1) is 0 Å². The van der Waals surface area contributed by atoms with Crippen LogP contribution in [0.5, 0.6) is 0 Å². The van der Waals surface area contributed by atoms with Crippen LogP contribution in [0.2, 0.25) is 0 Å². The lowest BCUT2D eigenvalue weighted by atomic mass is 10.1. The molecule has 0 saturated heterocycles. The van der Waals surface area contributed by atoms with Crippen molar-refractivity contribution in [3.05, 3.63) is 41.2 Å². The van der Waals surface area contributed by atoms with Crippen molar-refractivity contribution in [1.82, 2.24) is 15.2 Å². The normalized spacial score (nSPS) is 12.6. The summed E-state index contributed by atoms with van der Waals surface area (Å²) < 4.78 is 61.9. The van der Waals surface area contributed by atoms with E-state index < -0.39 is 32.5 Å². The average Bonchev–Trinajstić information content (AvgIpc) is 2.87. The standard InChI is InChI=1S/C12H12F3N3O2S/c1-2-10-16-11(18-17-10)21(19,20)7-8-4-3-5-9(6-8)12(13,14)15/h3-6H,2,7H2,1H3,(H,16,17,18). The fraction of sp³-hybridized carbons (Fsp3) is 0.333. The topological polar surface area (TPSA) is 75.7 Å². The molecule has 1 heterocycles. The van der Waals surface area contributed by atoms with Crippen molar-refractivity contribution in [3.8, 4) is 0 Å². The Balaban J connectivity index is 2.28. The predicted octanol–water partition coefficient (Wildman–Crippen LogP) is 2.36. The van der Waals surface area contributed by atoms with Gasteiger partial charge >= 0.3 is 6.18 Å². The summed E-state index contributed by atoms with van der Waals surface area (Å²) in [5.41, 5.74) is -0.855. The molecule has 0 unspecified atom stereocenters. The van der Waals surface area contributed by atoms with Gasteiger partial charge in [-0.05, 0) is 11.6 Å². The molecule has 0 saturated carbocycles. The fourth-order valence-electron chi connectivity index (χ4n) is 1.70. The molecule has 1 aromatic carbocycles. The van der Waals surface area contributed by atoms with E-state index in [2.05, 4.69) is 15.2 Å². The lowest BCUT2D eigenvalue weighted by Gasteiger charge is -2.08. The second kappa shape index (κ2) is 5.47. The zero-order valence-electron chi connectivity index (χ0n) is 11.0. The van der Waals surface area contributed by atoms with Gasteiger partial charge < -0.3 is 0 Å². The molecule has 21 heavy (non-hydrogen) atoms. The largest absolute Gasteiger partial charge is 0.416 e. The van der Waals surface area contributed by atoms with Crippen LogP contribution in [-0.4, -0.2) is 23.6 Å². The van der Waals surface area contributed by atoms with E-state index in [1.165, 1.54) is 12.1 Å². The number of aryl methyl sites for hydroxylation is 1. The molecule has 0 aliphatic carbocycles. The minimum absolute atomic E-state index is 0.0349. The van der Waals surface area contributed by atoms with Gasteiger partial charge in [0.1, 0.15) is 5.82 Å². The molecule has 0 spiro atoms. The number of nitrogens with zero attached hydrogens (tertiary/aromatic N) is 2. The molecule has 5 nitrogen and oxygen atoms in total. The highest BCUT2D eigenvalue weighted by Gasteiger charge is 2.31. The summed E-state index contributed by atoms with van der Waals surface area (Å²) in [6, 6.07) is 4.19. The third-order valence-corrected chi connectivity index (χ3v) is 4.19. The molecule has 0 aliphatic rings. The molecule has 9 heteroatoms. The number of hydrogen-bond donors (Lipinski definition) is 1. The highest BCUT2D eigenvalue weighted by molar-refractivity contribution is 7.90. The van der Waals surface area contributed by atoms with E-state index in [-0.39, 0.29) is 5.56 Å². The number of rotatable bonds is 4. The number of aromatic amines is 1. The van der Waals surface area contributed by atoms with Crippen molar-refractivity contribution in [2.45, 2.75) is 30.4 Å². The van der Waals surface area contributed by atoms with Gasteiger partial charge in [0.25, 0.3) is 5.16 Å². The first kappa shape index (κ1) is 15.5. The fourth-order valence-corrected chi connectivity index (χ4v) is 2.88. The van der Waals surface area contributed by atoms with Crippen molar-refractivity contribution in [2.75, 3.05) is 0 Å². The number of H-pyrrole nitrogens is 1. The van der Waals surface area contributed by atoms with E-state index in [4.69, 9.17) is 0 Å². The summed E-state index contributed by atoms with van der Waals surface area (Å²) >= 11 is 0. The minimum atomic E-state index is -4.51. The average molecular weight is 319 g/mol. The molecule has 0 amide bonds. The SMILES string of the molecule is CCc1nc(S(=O)(=O)Cc2cccc(C(F)(F)F)c2)n[nH]1. The molecule has 1 N–H and O–H groups in total. The van der Waals surface area contributed by atoms with E-state index in [1.54, 1.807) is 6.92 Å². The Labute approximate surface area is 119 Å². The van der Waals surface area contributed by atoms with Crippen LogP contribution in [0.4, 0.5) is 13.2 Å². The van der Waals surface area contributed by atoms with Crippen LogP contribution < -0.4 is 0 Å². The Kier molecular flexibility index (Phi) is 4.04. The van der Waals surface area contributed by atoms with Gasteiger partial charge in [-0.2, -0.15) is 13.2 Å². The molecular weight excluding hydrogens is 307 g/mol. The predicted molar refractivity (Wildman–Crippen MR) is 68.1 cm³/mol. The number of alkyl halides is 3. The Morgan fingerprint density at radius 3 is 2.57 bits per heavy atom. The maximum Gasteiger partial charge on any atom is 0.416 e. The molecule has 2 rings (SSSR count). The third kappa shape index (κ3) is 3.60. The Morgan fingerprint density at radius 1 is 1.29 bits per heavy atom. The van der Waals surface area contributed by atoms with Crippen LogP contribution in [0.3, 0.4) is 0 Å². The van der Waals surface area contributed by atoms with Gasteiger partial charge in [-0.3, -0.25) is 5.10 Å². The van der Waals surface area contributed by atoms with E-state index >= 15 is 0 Å². The second-order valence-corrected chi connectivity index (χ2v) is 6.26. The number of benzene rings is 1. The summed E-state index contributed by atoms with van der Waals surface area (Å²) in [4.78, 5) is 3.79. The van der Waals surface area contributed by atoms with Crippen molar-refractivity contribution in [2.24, 2.45) is 0 Å². The van der Waals surface area contributed by atoms with E-state index in [0.717, 1.165) is 12.1 Å². The summed E-state index contributed by atoms with van der Waals surface area (Å²) in [6.07, 6.45) is -4.04. The van der Waals surface area contributed by atoms with Gasteiger partial charge in [0, 0.05) is 6.42 Å². The number of halogens is 3. The molecule has 0 radical (unpaired) electrons. The summed E-state index contributed by atoms with van der Waals surface area (Å²) in [5.74, 6) is -0.185. The number of hydrogen-bond acceptors (Lipinski definition) is 4. The van der Waals surface area contributed by atoms with Crippen LogP contribution >= 0.6 is 0 Å². The van der Waals surface area contributed by atoms with Crippen molar-refractivity contribution < 1.29 is 21.6 Å². The maximum absolute atomic E-state index is 12.6. The van der Waals surface area contributed by atoms with Gasteiger partial charge in [0.2, 0.25) is 9.84 Å². The molecular formula is C12H12F3N3O2S. The van der Waals surface area contributed by atoms with Gasteiger partial charge in [0.15, 0.2) is 0 Å². The number of nitrogens with one attached hydrogen (secondary N) is 1. The van der Waals surface area contributed by atoms with Crippen LogP contribution in [-0.2, 0) is 28.2 Å². The monoisotopic (exact) mass is 319 g/mol. The van der Waals surface area contributed by atoms with E-state index in [9.17, 15) is 21.6 Å². The molecule has 0 atom stereocenters. The first-order chi connectivity index (χ1) is 9.72. The zero-order valence-corrected chi connectivity index (χ0v) is 11.8. The summed E-state index contributed by atoms with van der Waals surface area (Å²) in [7, 11) is -3.89. The van der Waals surface area contributed by atoms with E-state index in [0.29, 0.717) is 12.2 Å². The van der Waals surface area contributed by atoms with Crippen LogP contribution in [0.25, 0.3) is 0 Å². The van der Waals surface area contributed by atoms with Crippen LogP contribution in [0.15, 0.2) is 29.4 Å². The zero-order chi connectivity index (χ0) is 15.7. The number of aromatic nitrogens is 3. The van der Waals surface area contributed by atoms with Gasteiger partial charge in [-0.1, -0.05) is 25.1 Å².